The maximum absolute atomic E-state index is 12.6. The number of likely N-dealkylation sites (tertiary alicyclic amines) is 1. The van der Waals surface area contributed by atoms with Crippen molar-refractivity contribution in [3.8, 4) is 5.75 Å². The number of carbonyl (C=O) groups excluding carboxylic acids is 2. The fourth-order valence-corrected chi connectivity index (χ4v) is 3.85. The average Bonchev–Trinajstić information content (AvgIpc) is 3.08. The molecule has 25 heavy (non-hydrogen) atoms. The van der Waals surface area contributed by atoms with Crippen LogP contribution in [0.4, 0.5) is 0 Å². The van der Waals surface area contributed by atoms with Crippen molar-refractivity contribution in [2.45, 2.75) is 18.9 Å². The van der Waals surface area contributed by atoms with Gasteiger partial charge in [-0.2, -0.15) is 0 Å². The Morgan fingerprint density at radius 3 is 2.72 bits per heavy atom. The molecule has 1 aliphatic heterocycles. The summed E-state index contributed by atoms with van der Waals surface area (Å²) in [6.45, 7) is 1.13. The van der Waals surface area contributed by atoms with E-state index in [0.717, 1.165) is 12.8 Å². The predicted octanol–water partition coefficient (Wildman–Crippen LogP) is 3.84. The summed E-state index contributed by atoms with van der Waals surface area (Å²) in [4.78, 5) is 26.0. The molecule has 0 saturated carbocycles. The molecule has 1 atom stereocenters. The van der Waals surface area contributed by atoms with Crippen LogP contribution in [0.15, 0.2) is 29.6 Å². The first-order valence-electron chi connectivity index (χ1n) is 7.73. The van der Waals surface area contributed by atoms with Gasteiger partial charge in [0, 0.05) is 18.0 Å². The van der Waals surface area contributed by atoms with Crippen LogP contribution in [0.2, 0.25) is 10.0 Å². The molecule has 1 fully saturated rings. The van der Waals surface area contributed by atoms with Gasteiger partial charge in [0.05, 0.1) is 27.0 Å². The highest BCUT2D eigenvalue weighted by Gasteiger charge is 2.27. The maximum atomic E-state index is 12.6. The molecule has 1 aromatic carbocycles. The Balaban J connectivity index is 1.66. The van der Waals surface area contributed by atoms with Crippen LogP contribution in [0.5, 0.6) is 5.75 Å². The normalized spacial score (nSPS) is 17.4. The van der Waals surface area contributed by atoms with Gasteiger partial charge in [-0.05, 0) is 31.0 Å². The largest absolute Gasteiger partial charge is 0.489 e. The van der Waals surface area contributed by atoms with E-state index in [1.54, 1.807) is 34.5 Å². The molecule has 1 unspecified atom stereocenters. The van der Waals surface area contributed by atoms with Gasteiger partial charge in [0.1, 0.15) is 11.9 Å². The fourth-order valence-electron chi connectivity index (χ4n) is 2.69. The molecule has 0 spiro atoms. The summed E-state index contributed by atoms with van der Waals surface area (Å²) in [5.41, 5.74) is 5.59. The molecule has 0 radical (unpaired) electrons. The van der Waals surface area contributed by atoms with E-state index in [9.17, 15) is 9.59 Å². The van der Waals surface area contributed by atoms with Crippen LogP contribution in [-0.4, -0.2) is 35.9 Å². The molecule has 0 bridgehead atoms. The van der Waals surface area contributed by atoms with E-state index in [-0.39, 0.29) is 12.0 Å². The van der Waals surface area contributed by atoms with Crippen LogP contribution < -0.4 is 10.5 Å². The Kier molecular flexibility index (Phi) is 5.51. The number of nitrogens with two attached hydrogens (primary N) is 1. The minimum atomic E-state index is -0.533. The molecule has 2 heterocycles. The molecule has 2 N–H and O–H groups in total. The number of amides is 2. The summed E-state index contributed by atoms with van der Waals surface area (Å²) >= 11 is 13.1. The number of hydrogen-bond donors (Lipinski definition) is 1. The van der Waals surface area contributed by atoms with Gasteiger partial charge >= 0.3 is 0 Å². The number of ether oxygens (including phenoxy) is 1. The Morgan fingerprint density at radius 2 is 2.04 bits per heavy atom. The second-order valence-electron chi connectivity index (χ2n) is 5.77. The zero-order chi connectivity index (χ0) is 18.0. The smallest absolute Gasteiger partial charge is 0.264 e. The maximum Gasteiger partial charge on any atom is 0.264 e. The zero-order valence-electron chi connectivity index (χ0n) is 13.2. The molecular formula is C17H16Cl2N2O3S. The molecule has 1 saturated heterocycles. The molecule has 0 aliphatic carbocycles. The van der Waals surface area contributed by atoms with Gasteiger partial charge in [-0.25, -0.2) is 0 Å². The lowest BCUT2D eigenvalue weighted by atomic mass is 10.1. The van der Waals surface area contributed by atoms with E-state index in [1.165, 1.54) is 11.3 Å². The number of halogens is 2. The number of nitrogens with zero attached hydrogens (tertiary/aromatic N) is 1. The van der Waals surface area contributed by atoms with Crippen molar-refractivity contribution >= 4 is 46.4 Å². The second-order valence-corrected chi connectivity index (χ2v) is 7.50. The number of primary amides is 1. The molecular weight excluding hydrogens is 383 g/mol. The van der Waals surface area contributed by atoms with Gasteiger partial charge in [-0.3, -0.25) is 9.59 Å². The number of rotatable bonds is 4. The van der Waals surface area contributed by atoms with Crippen LogP contribution >= 0.6 is 34.5 Å². The first-order valence-corrected chi connectivity index (χ1v) is 9.37. The fraction of sp³-hybridized carbons (Fsp3) is 0.294. The summed E-state index contributed by atoms with van der Waals surface area (Å²) in [5.74, 6) is -0.0180. The van der Waals surface area contributed by atoms with E-state index in [4.69, 9.17) is 33.7 Å². The quantitative estimate of drug-likeness (QED) is 0.849. The summed E-state index contributed by atoms with van der Waals surface area (Å²) in [7, 11) is 0. The summed E-state index contributed by atoms with van der Waals surface area (Å²) in [6, 6.07) is 6.65. The lowest BCUT2D eigenvalue weighted by Gasteiger charge is -2.32. The van der Waals surface area contributed by atoms with Crippen LogP contribution in [0, 0.1) is 0 Å². The van der Waals surface area contributed by atoms with Gasteiger partial charge in [-0.1, -0.05) is 23.2 Å². The molecule has 8 heteroatoms. The van der Waals surface area contributed by atoms with Gasteiger partial charge in [0.25, 0.3) is 5.91 Å². The standard InChI is InChI=1S/C17H16Cl2N2O3S/c18-13-4-3-11(7-14(13)19)24-12-2-1-5-21(8-12)17(23)15-6-10(9-25-15)16(20)22/h3-4,6-7,9,12H,1-2,5,8H2,(H2,20,22). The lowest BCUT2D eigenvalue weighted by Crippen LogP contribution is -2.44. The molecule has 1 aliphatic rings. The van der Waals surface area contributed by atoms with Crippen molar-refractivity contribution in [3.05, 3.63) is 50.1 Å². The summed E-state index contributed by atoms with van der Waals surface area (Å²) in [6.07, 6.45) is 1.57. The number of hydrogen-bond acceptors (Lipinski definition) is 4. The minimum Gasteiger partial charge on any atom is -0.489 e. The molecule has 2 amide bonds. The van der Waals surface area contributed by atoms with Crippen molar-refractivity contribution in [2.24, 2.45) is 5.73 Å². The van der Waals surface area contributed by atoms with E-state index in [0.29, 0.717) is 39.3 Å². The number of benzene rings is 1. The SMILES string of the molecule is NC(=O)c1csc(C(=O)N2CCCC(Oc3ccc(Cl)c(Cl)c3)C2)c1. The number of piperidine rings is 1. The molecule has 132 valence electrons. The van der Waals surface area contributed by atoms with Gasteiger partial charge < -0.3 is 15.4 Å². The van der Waals surface area contributed by atoms with Gasteiger partial charge in [0.15, 0.2) is 0 Å². The highest BCUT2D eigenvalue weighted by molar-refractivity contribution is 7.12. The average molecular weight is 399 g/mol. The second kappa shape index (κ2) is 7.64. The molecule has 2 aromatic rings. The monoisotopic (exact) mass is 398 g/mol. The third kappa shape index (κ3) is 4.26. The Labute approximate surface area is 159 Å². The van der Waals surface area contributed by atoms with Crippen molar-refractivity contribution in [3.63, 3.8) is 0 Å². The third-order valence-electron chi connectivity index (χ3n) is 3.95. The van der Waals surface area contributed by atoms with Gasteiger partial charge in [0.2, 0.25) is 5.91 Å². The third-order valence-corrected chi connectivity index (χ3v) is 5.61. The summed E-state index contributed by atoms with van der Waals surface area (Å²) < 4.78 is 5.94. The predicted molar refractivity (Wildman–Crippen MR) is 98.9 cm³/mol. The minimum absolute atomic E-state index is 0.111. The first-order chi connectivity index (χ1) is 11.9. The van der Waals surface area contributed by atoms with Crippen LogP contribution in [0.1, 0.15) is 32.9 Å². The number of carbonyl (C=O) groups is 2. The van der Waals surface area contributed by atoms with Crippen LogP contribution in [0.3, 0.4) is 0 Å². The molecule has 3 rings (SSSR count). The van der Waals surface area contributed by atoms with E-state index in [2.05, 4.69) is 0 Å². The summed E-state index contributed by atoms with van der Waals surface area (Å²) in [5, 5.41) is 2.50. The van der Waals surface area contributed by atoms with E-state index in [1.807, 2.05) is 0 Å². The highest BCUT2D eigenvalue weighted by Crippen LogP contribution is 2.28. The van der Waals surface area contributed by atoms with Crippen molar-refractivity contribution in [1.82, 2.24) is 4.90 Å². The molecule has 5 nitrogen and oxygen atoms in total. The first kappa shape index (κ1) is 18.0. The Hall–Kier alpha value is -1.76. The highest BCUT2D eigenvalue weighted by atomic mass is 35.5. The zero-order valence-corrected chi connectivity index (χ0v) is 15.5. The van der Waals surface area contributed by atoms with Crippen LogP contribution in [0.25, 0.3) is 0 Å². The van der Waals surface area contributed by atoms with Crippen LogP contribution in [-0.2, 0) is 0 Å². The van der Waals surface area contributed by atoms with Crippen molar-refractivity contribution in [1.29, 1.82) is 0 Å². The Morgan fingerprint density at radius 1 is 1.24 bits per heavy atom. The molecule has 1 aromatic heterocycles. The lowest BCUT2D eigenvalue weighted by molar-refractivity contribution is 0.0542. The van der Waals surface area contributed by atoms with E-state index >= 15 is 0 Å². The number of thiophene rings is 1. The van der Waals surface area contributed by atoms with E-state index < -0.39 is 5.91 Å². The van der Waals surface area contributed by atoms with Gasteiger partial charge in [-0.15, -0.1) is 11.3 Å². The van der Waals surface area contributed by atoms with Crippen molar-refractivity contribution in [2.75, 3.05) is 13.1 Å². The van der Waals surface area contributed by atoms with Crippen molar-refractivity contribution < 1.29 is 14.3 Å². The topological polar surface area (TPSA) is 72.6 Å². The Bertz CT molecular complexity index is 809.